The summed E-state index contributed by atoms with van der Waals surface area (Å²) in [5, 5.41) is 3.52. The Morgan fingerprint density at radius 2 is 1.85 bits per heavy atom. The Morgan fingerprint density at radius 1 is 1.05 bits per heavy atom. The topological polar surface area (TPSA) is 21.3 Å². The second-order valence-electron chi connectivity index (χ2n) is 5.51. The van der Waals surface area contributed by atoms with E-state index in [0.29, 0.717) is 5.92 Å². The van der Waals surface area contributed by atoms with Crippen molar-refractivity contribution in [3.8, 4) is 5.75 Å². The Kier molecular flexibility index (Phi) is 3.49. The van der Waals surface area contributed by atoms with Gasteiger partial charge in [0.25, 0.3) is 0 Å². The fourth-order valence-electron chi connectivity index (χ4n) is 3.13. The number of methoxy groups -OCH3 is 1. The van der Waals surface area contributed by atoms with Crippen LogP contribution in [0.1, 0.15) is 33.7 Å². The summed E-state index contributed by atoms with van der Waals surface area (Å²) in [6, 6.07) is 13.1. The van der Waals surface area contributed by atoms with Crippen LogP contribution >= 0.6 is 0 Å². The lowest BCUT2D eigenvalue weighted by molar-refractivity contribution is 0.402. The first-order valence-corrected chi connectivity index (χ1v) is 7.15. The fraction of sp³-hybridized carbons (Fsp3) is 0.333. The van der Waals surface area contributed by atoms with Crippen LogP contribution in [0, 0.1) is 13.8 Å². The van der Waals surface area contributed by atoms with Gasteiger partial charge < -0.3 is 10.1 Å². The van der Waals surface area contributed by atoms with Crippen LogP contribution in [0.4, 0.5) is 0 Å². The number of nitrogens with one attached hydrogen (secondary N) is 1. The highest BCUT2D eigenvalue weighted by Crippen LogP contribution is 2.37. The van der Waals surface area contributed by atoms with Gasteiger partial charge in [-0.1, -0.05) is 36.4 Å². The van der Waals surface area contributed by atoms with Gasteiger partial charge in [0.05, 0.1) is 7.11 Å². The Hall–Kier alpha value is -1.80. The predicted octanol–water partition coefficient (Wildman–Crippen LogP) is 3.55. The van der Waals surface area contributed by atoms with Crippen LogP contribution in [-0.4, -0.2) is 13.7 Å². The number of hydrogen-bond donors (Lipinski definition) is 1. The average molecular weight is 267 g/mol. The largest absolute Gasteiger partial charge is 0.496 e. The van der Waals surface area contributed by atoms with Crippen molar-refractivity contribution in [2.24, 2.45) is 0 Å². The van der Waals surface area contributed by atoms with Crippen LogP contribution in [-0.2, 0) is 6.54 Å². The molecule has 2 aromatic carbocycles. The third-order valence-electron chi connectivity index (χ3n) is 4.38. The minimum atomic E-state index is 0.370. The Balaban J connectivity index is 2.13. The maximum absolute atomic E-state index is 5.70. The molecule has 2 heteroatoms. The lowest BCUT2D eigenvalue weighted by Gasteiger charge is -2.28. The normalized spacial score (nSPS) is 17.6. The van der Waals surface area contributed by atoms with E-state index in [0.717, 1.165) is 18.8 Å². The van der Waals surface area contributed by atoms with Crippen LogP contribution in [0.5, 0.6) is 5.75 Å². The van der Waals surface area contributed by atoms with E-state index >= 15 is 0 Å². The molecule has 3 rings (SSSR count). The van der Waals surface area contributed by atoms with Gasteiger partial charge in [0.2, 0.25) is 0 Å². The molecule has 1 unspecified atom stereocenters. The third-order valence-corrected chi connectivity index (χ3v) is 4.38. The second-order valence-corrected chi connectivity index (χ2v) is 5.51. The lowest BCUT2D eigenvalue weighted by atomic mass is 9.84. The molecule has 0 amide bonds. The molecule has 1 aliphatic heterocycles. The van der Waals surface area contributed by atoms with E-state index in [-0.39, 0.29) is 0 Å². The van der Waals surface area contributed by atoms with E-state index in [1.165, 1.54) is 27.8 Å². The summed E-state index contributed by atoms with van der Waals surface area (Å²) in [5.74, 6) is 1.41. The highest BCUT2D eigenvalue weighted by molar-refractivity contribution is 5.51. The summed E-state index contributed by atoms with van der Waals surface area (Å²) in [7, 11) is 1.77. The van der Waals surface area contributed by atoms with Crippen molar-refractivity contribution in [2.45, 2.75) is 26.3 Å². The highest BCUT2D eigenvalue weighted by atomic mass is 16.5. The van der Waals surface area contributed by atoms with E-state index < -0.39 is 0 Å². The summed E-state index contributed by atoms with van der Waals surface area (Å²) in [4.78, 5) is 0. The molecule has 1 atom stereocenters. The van der Waals surface area contributed by atoms with Gasteiger partial charge in [-0.25, -0.2) is 0 Å². The summed E-state index contributed by atoms with van der Waals surface area (Å²) in [6.07, 6.45) is 0. The zero-order chi connectivity index (χ0) is 14.1. The van der Waals surface area contributed by atoms with E-state index in [9.17, 15) is 0 Å². The molecule has 0 saturated heterocycles. The first-order chi connectivity index (χ1) is 9.72. The van der Waals surface area contributed by atoms with Crippen molar-refractivity contribution in [3.63, 3.8) is 0 Å². The third kappa shape index (κ3) is 2.10. The van der Waals surface area contributed by atoms with Crippen molar-refractivity contribution in [1.29, 1.82) is 0 Å². The van der Waals surface area contributed by atoms with E-state index in [4.69, 9.17) is 4.74 Å². The Morgan fingerprint density at radius 3 is 2.65 bits per heavy atom. The Bertz CT molecular complexity index is 633. The van der Waals surface area contributed by atoms with Crippen LogP contribution in [0.2, 0.25) is 0 Å². The molecule has 2 nitrogen and oxygen atoms in total. The van der Waals surface area contributed by atoms with Gasteiger partial charge in [-0.15, -0.1) is 0 Å². The molecule has 0 aromatic heterocycles. The molecular weight excluding hydrogens is 246 g/mol. The molecule has 0 bridgehead atoms. The summed E-state index contributed by atoms with van der Waals surface area (Å²) >= 11 is 0. The maximum atomic E-state index is 5.70. The first kappa shape index (κ1) is 13.2. The second kappa shape index (κ2) is 5.29. The number of ether oxygens (including phenoxy) is 1. The molecule has 1 N–H and O–H groups in total. The number of fused-ring (bicyclic) bond motifs is 1. The predicted molar refractivity (Wildman–Crippen MR) is 82.5 cm³/mol. The number of benzene rings is 2. The van der Waals surface area contributed by atoms with Crippen LogP contribution < -0.4 is 10.1 Å². The van der Waals surface area contributed by atoms with Crippen molar-refractivity contribution < 1.29 is 4.74 Å². The summed E-state index contributed by atoms with van der Waals surface area (Å²) in [5.41, 5.74) is 6.63. The minimum absolute atomic E-state index is 0.370. The molecule has 0 radical (unpaired) electrons. The van der Waals surface area contributed by atoms with Crippen LogP contribution in [0.25, 0.3) is 0 Å². The molecule has 20 heavy (non-hydrogen) atoms. The van der Waals surface area contributed by atoms with Gasteiger partial charge in [-0.05, 0) is 36.1 Å². The quantitative estimate of drug-likeness (QED) is 0.898. The standard InChI is InChI=1S/C18H21NO/c1-12-8-9-16(18(20-3)13(12)2)17-11-19-10-14-6-4-5-7-15(14)17/h4-9,17,19H,10-11H2,1-3H3. The van der Waals surface area contributed by atoms with E-state index in [1.807, 2.05) is 0 Å². The SMILES string of the molecule is COc1c(C2CNCc3ccccc32)ccc(C)c1C. The maximum Gasteiger partial charge on any atom is 0.125 e. The van der Waals surface area contributed by atoms with Gasteiger partial charge in [-0.2, -0.15) is 0 Å². The smallest absolute Gasteiger partial charge is 0.125 e. The summed E-state index contributed by atoms with van der Waals surface area (Å²) < 4.78 is 5.70. The van der Waals surface area contributed by atoms with Crippen molar-refractivity contribution in [2.75, 3.05) is 13.7 Å². The van der Waals surface area contributed by atoms with Gasteiger partial charge in [0.15, 0.2) is 0 Å². The minimum Gasteiger partial charge on any atom is -0.496 e. The van der Waals surface area contributed by atoms with Gasteiger partial charge in [0, 0.05) is 24.6 Å². The average Bonchev–Trinajstić information content (AvgIpc) is 2.49. The number of hydrogen-bond acceptors (Lipinski definition) is 2. The van der Waals surface area contributed by atoms with Gasteiger partial charge >= 0.3 is 0 Å². The first-order valence-electron chi connectivity index (χ1n) is 7.15. The van der Waals surface area contributed by atoms with E-state index in [1.54, 1.807) is 7.11 Å². The summed E-state index contributed by atoms with van der Waals surface area (Å²) in [6.45, 7) is 6.20. The van der Waals surface area contributed by atoms with E-state index in [2.05, 4.69) is 55.6 Å². The Labute approximate surface area is 120 Å². The molecular formula is C18H21NO. The zero-order valence-electron chi connectivity index (χ0n) is 12.4. The fourth-order valence-corrected chi connectivity index (χ4v) is 3.13. The molecule has 2 aromatic rings. The van der Waals surface area contributed by atoms with Gasteiger partial charge in [0.1, 0.15) is 5.75 Å². The molecule has 104 valence electrons. The molecule has 1 heterocycles. The van der Waals surface area contributed by atoms with Crippen LogP contribution in [0.15, 0.2) is 36.4 Å². The van der Waals surface area contributed by atoms with Gasteiger partial charge in [-0.3, -0.25) is 0 Å². The molecule has 0 spiro atoms. The number of aryl methyl sites for hydroxylation is 1. The monoisotopic (exact) mass is 267 g/mol. The lowest BCUT2D eigenvalue weighted by Crippen LogP contribution is -2.29. The zero-order valence-corrected chi connectivity index (χ0v) is 12.4. The molecule has 0 aliphatic carbocycles. The van der Waals surface area contributed by atoms with Crippen molar-refractivity contribution in [3.05, 3.63) is 64.2 Å². The molecule has 0 fully saturated rings. The highest BCUT2D eigenvalue weighted by Gasteiger charge is 2.24. The van der Waals surface area contributed by atoms with Crippen molar-refractivity contribution >= 4 is 0 Å². The molecule has 0 saturated carbocycles. The molecule has 1 aliphatic rings. The number of rotatable bonds is 2. The van der Waals surface area contributed by atoms with Crippen LogP contribution in [0.3, 0.4) is 0 Å². The van der Waals surface area contributed by atoms with Crippen molar-refractivity contribution in [1.82, 2.24) is 5.32 Å².